The number of amides is 1. The van der Waals surface area contributed by atoms with E-state index in [2.05, 4.69) is 29.6 Å². The molecular formula is C22H34N2O6S. The van der Waals surface area contributed by atoms with Gasteiger partial charge >= 0.3 is 12.1 Å². The molecule has 0 heterocycles. The molecule has 1 aliphatic carbocycles. The third kappa shape index (κ3) is 6.85. The van der Waals surface area contributed by atoms with Crippen LogP contribution in [-0.4, -0.2) is 64.3 Å². The first-order valence-corrected chi connectivity index (χ1v) is 12.7. The van der Waals surface area contributed by atoms with Gasteiger partial charge in [-0.1, -0.05) is 0 Å². The Morgan fingerprint density at radius 3 is 2.29 bits per heavy atom. The van der Waals surface area contributed by atoms with Crippen LogP contribution in [0.1, 0.15) is 45.6 Å². The first-order chi connectivity index (χ1) is 14.7. The summed E-state index contributed by atoms with van der Waals surface area (Å²) in [5, 5.41) is 0. The minimum atomic E-state index is -3.71. The van der Waals surface area contributed by atoms with Crippen LogP contribution in [0.3, 0.4) is 0 Å². The summed E-state index contributed by atoms with van der Waals surface area (Å²) in [5.74, 6) is -1.93. The van der Waals surface area contributed by atoms with Crippen molar-refractivity contribution in [3.05, 3.63) is 23.8 Å². The predicted octanol–water partition coefficient (Wildman–Crippen LogP) is 3.31. The number of hydrogen-bond acceptors (Lipinski definition) is 7. The lowest BCUT2D eigenvalue weighted by Crippen LogP contribution is -2.45. The van der Waals surface area contributed by atoms with Crippen LogP contribution in [0, 0.1) is 6.92 Å². The smallest absolute Gasteiger partial charge is 0.414 e. The maximum absolute atomic E-state index is 12.9. The largest absolute Gasteiger partial charge is 0.465 e. The summed E-state index contributed by atoms with van der Waals surface area (Å²) in [7, 11) is -3.71. The molecule has 1 amide bonds. The van der Waals surface area contributed by atoms with Crippen molar-refractivity contribution >= 4 is 33.3 Å². The highest BCUT2D eigenvalue weighted by molar-refractivity contribution is 7.92. The van der Waals surface area contributed by atoms with E-state index in [1.165, 1.54) is 0 Å². The molecule has 2 rings (SSSR count). The van der Waals surface area contributed by atoms with Gasteiger partial charge in [0.25, 0.3) is 0 Å². The molecule has 0 atom stereocenters. The summed E-state index contributed by atoms with van der Waals surface area (Å²) >= 11 is 0. The molecule has 0 saturated heterocycles. The second kappa shape index (κ2) is 11.4. The van der Waals surface area contributed by atoms with E-state index in [1.54, 1.807) is 11.8 Å². The molecule has 0 aliphatic heterocycles. The van der Waals surface area contributed by atoms with Crippen LogP contribution in [-0.2, 0) is 24.1 Å². The Hall–Kier alpha value is -2.29. The van der Waals surface area contributed by atoms with Gasteiger partial charge in [-0.3, -0.25) is 9.69 Å². The highest BCUT2D eigenvalue weighted by Crippen LogP contribution is 2.34. The summed E-state index contributed by atoms with van der Waals surface area (Å²) in [6.45, 7) is 9.37. The summed E-state index contributed by atoms with van der Waals surface area (Å²) in [5.41, 5.74) is 2.83. The van der Waals surface area contributed by atoms with Crippen LogP contribution in [0.5, 0.6) is 0 Å². The third-order valence-corrected chi connectivity index (χ3v) is 6.93. The molecule has 0 spiro atoms. The zero-order chi connectivity index (χ0) is 23.0. The zero-order valence-corrected chi connectivity index (χ0v) is 19.7. The van der Waals surface area contributed by atoms with Crippen LogP contribution in [0.15, 0.2) is 18.2 Å². The van der Waals surface area contributed by atoms with Crippen molar-refractivity contribution in [3.63, 3.8) is 0 Å². The number of nitrogens with zero attached hydrogens (tertiary/aromatic N) is 2. The molecule has 8 nitrogen and oxygen atoms in total. The van der Waals surface area contributed by atoms with Crippen molar-refractivity contribution in [3.8, 4) is 0 Å². The van der Waals surface area contributed by atoms with Crippen molar-refractivity contribution in [2.24, 2.45) is 0 Å². The number of aryl methyl sites for hydroxylation is 1. The molecule has 174 valence electrons. The molecule has 0 N–H and O–H groups in total. The maximum atomic E-state index is 12.9. The first kappa shape index (κ1) is 25.0. The lowest BCUT2D eigenvalue weighted by molar-refractivity contribution is -0.139. The highest BCUT2D eigenvalue weighted by Gasteiger charge is 2.32. The van der Waals surface area contributed by atoms with E-state index in [-0.39, 0.29) is 19.3 Å². The van der Waals surface area contributed by atoms with Crippen LogP contribution in [0.25, 0.3) is 0 Å². The van der Waals surface area contributed by atoms with Crippen molar-refractivity contribution in [2.75, 3.05) is 47.6 Å². The predicted molar refractivity (Wildman–Crippen MR) is 121 cm³/mol. The molecule has 1 aromatic carbocycles. The highest BCUT2D eigenvalue weighted by atomic mass is 32.2. The van der Waals surface area contributed by atoms with Gasteiger partial charge in [0.15, 0.2) is 9.84 Å². The number of sulfone groups is 1. The van der Waals surface area contributed by atoms with E-state index in [0.29, 0.717) is 0 Å². The van der Waals surface area contributed by atoms with Gasteiger partial charge in [-0.05, 0) is 70.7 Å². The molecule has 1 aromatic rings. The first-order valence-electron chi connectivity index (χ1n) is 10.9. The van der Waals surface area contributed by atoms with Crippen LogP contribution in [0.4, 0.5) is 16.2 Å². The Bertz CT molecular complexity index is 863. The molecule has 0 bridgehead atoms. The summed E-state index contributed by atoms with van der Waals surface area (Å²) < 4.78 is 34.1. The number of carbonyl (C=O) groups excluding carboxylic acids is 2. The molecule has 9 heteroatoms. The van der Waals surface area contributed by atoms with Gasteiger partial charge in [-0.15, -0.1) is 0 Å². The van der Waals surface area contributed by atoms with Crippen molar-refractivity contribution in [1.29, 1.82) is 0 Å². The lowest BCUT2D eigenvalue weighted by Gasteiger charge is -2.37. The number of esters is 1. The Kier molecular flexibility index (Phi) is 9.15. The van der Waals surface area contributed by atoms with Crippen LogP contribution in [0.2, 0.25) is 0 Å². The van der Waals surface area contributed by atoms with E-state index in [1.807, 2.05) is 19.1 Å². The van der Waals surface area contributed by atoms with Gasteiger partial charge in [0.05, 0.1) is 18.0 Å². The lowest BCUT2D eigenvalue weighted by atomic mass is 9.91. The third-order valence-electron chi connectivity index (χ3n) is 5.47. The fourth-order valence-electron chi connectivity index (χ4n) is 3.56. The van der Waals surface area contributed by atoms with E-state index in [0.717, 1.165) is 49.3 Å². The number of hydrogen-bond donors (Lipinski definition) is 0. The molecule has 0 unspecified atom stereocenters. The van der Waals surface area contributed by atoms with Crippen LogP contribution < -0.4 is 9.80 Å². The second-order valence-corrected chi connectivity index (χ2v) is 9.79. The quantitative estimate of drug-likeness (QED) is 0.474. The van der Waals surface area contributed by atoms with Gasteiger partial charge in [0, 0.05) is 24.8 Å². The van der Waals surface area contributed by atoms with Gasteiger partial charge < -0.3 is 14.4 Å². The topological polar surface area (TPSA) is 93.2 Å². The minimum absolute atomic E-state index is 0.0432. The van der Waals surface area contributed by atoms with Gasteiger partial charge in [0.1, 0.15) is 12.4 Å². The van der Waals surface area contributed by atoms with Crippen LogP contribution >= 0.6 is 0 Å². The zero-order valence-electron chi connectivity index (χ0n) is 18.9. The van der Waals surface area contributed by atoms with E-state index >= 15 is 0 Å². The van der Waals surface area contributed by atoms with E-state index in [9.17, 15) is 18.0 Å². The molecule has 31 heavy (non-hydrogen) atoms. The molecule has 1 fully saturated rings. The van der Waals surface area contributed by atoms with Crippen molar-refractivity contribution in [2.45, 2.75) is 53.0 Å². The average molecular weight is 455 g/mol. The Balaban J connectivity index is 2.08. The number of carbonyl (C=O) groups is 2. The molecular weight excluding hydrogens is 420 g/mol. The number of rotatable bonds is 11. The molecule has 0 aromatic heterocycles. The second-order valence-electron chi connectivity index (χ2n) is 7.61. The van der Waals surface area contributed by atoms with Crippen molar-refractivity contribution in [1.82, 2.24) is 0 Å². The maximum Gasteiger partial charge on any atom is 0.414 e. The SMILES string of the molecule is CCOC(=O)CS(=O)(=O)CCOC(=O)N(c1ccc(N(CC)CC)cc1C)C1CCC1. The Morgan fingerprint density at radius 1 is 1.10 bits per heavy atom. The normalized spacial score (nSPS) is 13.9. The summed E-state index contributed by atoms with van der Waals surface area (Å²) in [4.78, 5) is 28.2. The molecule has 0 radical (unpaired) electrons. The molecule has 1 saturated carbocycles. The number of benzene rings is 1. The summed E-state index contributed by atoms with van der Waals surface area (Å²) in [6, 6.07) is 6.03. The monoisotopic (exact) mass is 454 g/mol. The van der Waals surface area contributed by atoms with Crippen molar-refractivity contribution < 1.29 is 27.5 Å². The number of ether oxygens (including phenoxy) is 2. The van der Waals surface area contributed by atoms with Gasteiger partial charge in [-0.25, -0.2) is 13.2 Å². The van der Waals surface area contributed by atoms with E-state index < -0.39 is 33.4 Å². The fraction of sp³-hybridized carbons (Fsp3) is 0.636. The fourth-order valence-corrected chi connectivity index (χ4v) is 4.49. The average Bonchev–Trinajstić information content (AvgIpc) is 2.65. The van der Waals surface area contributed by atoms with Gasteiger partial charge in [-0.2, -0.15) is 0 Å². The minimum Gasteiger partial charge on any atom is -0.465 e. The Labute approximate surface area is 185 Å². The van der Waals surface area contributed by atoms with E-state index in [4.69, 9.17) is 4.74 Å². The standard InChI is InChI=1S/C22H34N2O6S/c1-5-23(6-2)19-11-12-20(17(4)15-19)24(18-9-8-10-18)22(26)30-13-14-31(27,28)16-21(25)29-7-3/h11-12,15,18H,5-10,13-14,16H2,1-4H3. The molecule has 1 aliphatic rings. The summed E-state index contributed by atoms with van der Waals surface area (Å²) in [6.07, 6.45) is 2.25. The number of anilines is 2. The Morgan fingerprint density at radius 2 is 1.77 bits per heavy atom. The van der Waals surface area contributed by atoms with Gasteiger partial charge in [0.2, 0.25) is 0 Å².